The van der Waals surface area contributed by atoms with E-state index in [1.165, 1.54) is 26.4 Å². The van der Waals surface area contributed by atoms with Gasteiger partial charge in [-0.2, -0.15) is 0 Å². The number of ether oxygens (including phenoxy) is 2. The van der Waals surface area contributed by atoms with Crippen LogP contribution in [0.15, 0.2) is 52.6 Å². The number of hydrogen-bond donors (Lipinski definition) is 2. The van der Waals surface area contributed by atoms with E-state index in [0.717, 1.165) is 5.56 Å². The van der Waals surface area contributed by atoms with Crippen molar-refractivity contribution in [1.82, 2.24) is 19.9 Å². The Morgan fingerprint density at radius 3 is 2.52 bits per heavy atom. The van der Waals surface area contributed by atoms with Crippen LogP contribution in [-0.2, 0) is 16.6 Å². The third-order valence-corrected chi connectivity index (χ3v) is 5.29. The normalized spacial score (nSPS) is 14.8. The van der Waals surface area contributed by atoms with Crippen LogP contribution in [0.2, 0.25) is 0 Å². The molecule has 1 aliphatic heterocycles. The number of guanidine groups is 1. The predicted octanol–water partition coefficient (Wildman–Crippen LogP) is 0.753. The summed E-state index contributed by atoms with van der Waals surface area (Å²) >= 11 is 0. The number of aromatic nitrogens is 1. The lowest BCUT2D eigenvalue weighted by Gasteiger charge is -2.27. The molecule has 10 heteroatoms. The van der Waals surface area contributed by atoms with Crippen molar-refractivity contribution in [1.29, 1.82) is 0 Å². The highest BCUT2D eigenvalue weighted by atomic mass is 32.2. The highest BCUT2D eigenvalue weighted by Gasteiger charge is 2.21. The van der Waals surface area contributed by atoms with Crippen molar-refractivity contribution in [3.8, 4) is 11.5 Å². The summed E-state index contributed by atoms with van der Waals surface area (Å²) in [6.07, 6.45) is 3.47. The Kier molecular flexibility index (Phi) is 5.77. The molecular formula is C17H21N5O4S. The fourth-order valence-corrected chi connectivity index (χ4v) is 3.57. The van der Waals surface area contributed by atoms with Crippen LogP contribution in [0.1, 0.15) is 5.56 Å². The van der Waals surface area contributed by atoms with Crippen LogP contribution in [0.25, 0.3) is 0 Å². The summed E-state index contributed by atoms with van der Waals surface area (Å²) in [7, 11) is -0.860. The zero-order valence-electron chi connectivity index (χ0n) is 15.0. The molecule has 2 heterocycles. The number of benzene rings is 1. The lowest BCUT2D eigenvalue weighted by molar-refractivity contribution is 0.255. The molecular weight excluding hydrogens is 370 g/mol. The van der Waals surface area contributed by atoms with Crippen molar-refractivity contribution in [3.63, 3.8) is 0 Å². The van der Waals surface area contributed by atoms with Gasteiger partial charge < -0.3 is 14.8 Å². The van der Waals surface area contributed by atoms with Gasteiger partial charge in [-0.05, 0) is 29.8 Å². The number of hydrogen-bond acceptors (Lipinski definition) is 8. The SMILES string of the molecule is COc1ccc(S(=O)(=O)NC2=NCN(Cc3ccncc3)CN2)cc1OC. The first-order valence-corrected chi connectivity index (χ1v) is 9.64. The number of nitrogens with zero attached hydrogens (tertiary/aromatic N) is 3. The Morgan fingerprint density at radius 2 is 1.89 bits per heavy atom. The molecule has 0 bridgehead atoms. The molecule has 0 aliphatic carbocycles. The Bertz CT molecular complexity index is 918. The van der Waals surface area contributed by atoms with Gasteiger partial charge in [0.05, 0.1) is 32.5 Å². The maximum absolute atomic E-state index is 12.6. The van der Waals surface area contributed by atoms with Gasteiger partial charge in [-0.1, -0.05) is 0 Å². The van der Waals surface area contributed by atoms with Gasteiger partial charge in [0, 0.05) is 25.0 Å². The highest BCUT2D eigenvalue weighted by Crippen LogP contribution is 2.29. The standard InChI is InChI=1S/C17H21N5O4S/c1-25-15-4-3-14(9-16(15)26-2)27(23,24)21-17-19-11-22(12-20-17)10-13-5-7-18-8-6-13/h3-9H,10-12H2,1-2H3,(H2,19,20,21). The van der Waals surface area contributed by atoms with Crippen LogP contribution in [0.4, 0.5) is 0 Å². The summed E-state index contributed by atoms with van der Waals surface area (Å²) in [5.74, 6) is 0.995. The summed E-state index contributed by atoms with van der Waals surface area (Å²) in [6, 6.07) is 8.25. The zero-order valence-corrected chi connectivity index (χ0v) is 15.9. The van der Waals surface area contributed by atoms with E-state index in [1.54, 1.807) is 18.5 Å². The first-order chi connectivity index (χ1) is 13.0. The molecule has 1 aliphatic rings. The van der Waals surface area contributed by atoms with Crippen LogP contribution in [0.3, 0.4) is 0 Å². The van der Waals surface area contributed by atoms with Crippen LogP contribution in [-0.4, -0.2) is 51.8 Å². The average Bonchev–Trinajstić information content (AvgIpc) is 2.69. The third kappa shape index (κ3) is 4.66. The quantitative estimate of drug-likeness (QED) is 0.749. The summed E-state index contributed by atoms with van der Waals surface area (Å²) in [5.41, 5.74) is 1.11. The molecule has 0 saturated heterocycles. The molecule has 2 N–H and O–H groups in total. The molecule has 3 rings (SSSR count). The van der Waals surface area contributed by atoms with E-state index in [0.29, 0.717) is 31.4 Å². The molecule has 144 valence electrons. The van der Waals surface area contributed by atoms with Crippen LogP contribution < -0.4 is 19.5 Å². The molecule has 0 saturated carbocycles. The first kappa shape index (κ1) is 18.9. The molecule has 2 aromatic rings. The number of sulfonamides is 1. The topological polar surface area (TPSA) is 105 Å². The molecule has 0 unspecified atom stereocenters. The maximum atomic E-state index is 12.6. The van der Waals surface area contributed by atoms with Crippen LogP contribution in [0, 0.1) is 0 Å². The van der Waals surface area contributed by atoms with Gasteiger partial charge >= 0.3 is 0 Å². The van der Waals surface area contributed by atoms with Crippen LogP contribution >= 0.6 is 0 Å². The Balaban J connectivity index is 1.66. The van der Waals surface area contributed by atoms with E-state index in [2.05, 4.69) is 20.0 Å². The van der Waals surface area contributed by atoms with Gasteiger partial charge in [-0.25, -0.2) is 18.1 Å². The van der Waals surface area contributed by atoms with Gasteiger partial charge in [-0.15, -0.1) is 0 Å². The Labute approximate surface area is 158 Å². The second-order valence-electron chi connectivity index (χ2n) is 5.79. The van der Waals surface area contributed by atoms with Crippen LogP contribution in [0.5, 0.6) is 11.5 Å². The number of methoxy groups -OCH3 is 2. The van der Waals surface area contributed by atoms with Crippen molar-refractivity contribution in [2.45, 2.75) is 11.4 Å². The van der Waals surface area contributed by atoms with Gasteiger partial charge in [-0.3, -0.25) is 9.88 Å². The van der Waals surface area contributed by atoms with E-state index in [9.17, 15) is 8.42 Å². The molecule has 1 aromatic carbocycles. The van der Waals surface area contributed by atoms with E-state index in [1.807, 2.05) is 17.0 Å². The predicted molar refractivity (Wildman–Crippen MR) is 100.0 cm³/mol. The Hall–Kier alpha value is -2.85. The summed E-state index contributed by atoms with van der Waals surface area (Å²) in [6.45, 7) is 1.53. The van der Waals surface area contributed by atoms with Crippen molar-refractivity contribution in [3.05, 3.63) is 48.3 Å². The van der Waals surface area contributed by atoms with E-state index >= 15 is 0 Å². The monoisotopic (exact) mass is 391 g/mol. The number of rotatable bonds is 6. The molecule has 0 spiro atoms. The molecule has 0 atom stereocenters. The van der Waals surface area contributed by atoms with E-state index in [4.69, 9.17) is 9.47 Å². The number of pyridine rings is 1. The minimum absolute atomic E-state index is 0.0591. The van der Waals surface area contributed by atoms with Crippen molar-refractivity contribution in [2.75, 3.05) is 27.6 Å². The summed E-state index contributed by atoms with van der Waals surface area (Å²) in [5, 5.41) is 2.98. The molecule has 0 radical (unpaired) electrons. The minimum Gasteiger partial charge on any atom is -0.493 e. The largest absolute Gasteiger partial charge is 0.493 e. The molecule has 0 fully saturated rings. The molecule has 27 heavy (non-hydrogen) atoms. The smallest absolute Gasteiger partial charge is 0.264 e. The van der Waals surface area contributed by atoms with Crippen molar-refractivity contribution in [2.24, 2.45) is 4.99 Å². The van der Waals surface area contributed by atoms with Gasteiger partial charge in [0.2, 0.25) is 5.96 Å². The number of aliphatic imine (C=N–C) groups is 1. The fraction of sp³-hybridized carbons (Fsp3) is 0.294. The number of nitrogens with one attached hydrogen (secondary N) is 2. The van der Waals surface area contributed by atoms with Crippen molar-refractivity contribution < 1.29 is 17.9 Å². The summed E-state index contributed by atoms with van der Waals surface area (Å²) in [4.78, 5) is 10.3. The van der Waals surface area contributed by atoms with Gasteiger partial charge in [0.25, 0.3) is 10.0 Å². The average molecular weight is 391 g/mol. The van der Waals surface area contributed by atoms with Crippen molar-refractivity contribution >= 4 is 16.0 Å². The fourth-order valence-electron chi connectivity index (χ4n) is 2.55. The van der Waals surface area contributed by atoms with Gasteiger partial charge in [0.15, 0.2) is 11.5 Å². The Morgan fingerprint density at radius 1 is 1.15 bits per heavy atom. The lowest BCUT2D eigenvalue weighted by atomic mass is 10.2. The molecule has 0 amide bonds. The molecule has 1 aromatic heterocycles. The lowest BCUT2D eigenvalue weighted by Crippen LogP contribution is -2.49. The molecule has 9 nitrogen and oxygen atoms in total. The van der Waals surface area contributed by atoms with E-state index < -0.39 is 10.0 Å². The zero-order chi connectivity index (χ0) is 19.3. The van der Waals surface area contributed by atoms with E-state index in [-0.39, 0.29) is 10.9 Å². The first-order valence-electron chi connectivity index (χ1n) is 8.16. The minimum atomic E-state index is -3.80. The second kappa shape index (κ2) is 8.23. The third-order valence-electron chi connectivity index (χ3n) is 3.95. The maximum Gasteiger partial charge on any atom is 0.264 e. The summed E-state index contributed by atoms with van der Waals surface area (Å²) < 4.78 is 37.9. The second-order valence-corrected chi connectivity index (χ2v) is 7.47. The highest BCUT2D eigenvalue weighted by molar-refractivity contribution is 7.90. The van der Waals surface area contributed by atoms with Gasteiger partial charge in [0.1, 0.15) is 0 Å².